The van der Waals surface area contributed by atoms with Gasteiger partial charge in [-0.1, -0.05) is 48.2 Å². The number of hydrogen-bond donors (Lipinski definition) is 0. The molecule has 0 N–H and O–H groups in total. The van der Waals surface area contributed by atoms with E-state index in [1.807, 2.05) is 42.5 Å². The lowest BCUT2D eigenvalue weighted by molar-refractivity contribution is 1.10. The molecule has 0 atom stereocenters. The van der Waals surface area contributed by atoms with Crippen LogP contribution in [0.15, 0.2) is 64.5 Å². The highest BCUT2D eigenvalue weighted by Gasteiger charge is 2.07. The molecule has 0 unspecified atom stereocenters. The molecule has 18 heavy (non-hydrogen) atoms. The molecule has 1 heterocycles. The van der Waals surface area contributed by atoms with E-state index in [1.54, 1.807) is 11.8 Å². The van der Waals surface area contributed by atoms with Crippen LogP contribution in [0.4, 0.5) is 0 Å². The quantitative estimate of drug-likeness (QED) is 0.510. The molecular formula is C14H9ClN2S. The number of para-hydroxylation sites is 1. The van der Waals surface area contributed by atoms with Gasteiger partial charge in [0.25, 0.3) is 0 Å². The molecule has 3 aromatic rings. The van der Waals surface area contributed by atoms with Gasteiger partial charge in [0, 0.05) is 10.3 Å². The van der Waals surface area contributed by atoms with Crippen LogP contribution in [-0.4, -0.2) is 9.97 Å². The smallest absolute Gasteiger partial charge is 0.218 e. The first-order chi connectivity index (χ1) is 8.83. The van der Waals surface area contributed by atoms with Crippen molar-refractivity contribution >= 4 is 34.3 Å². The Labute approximate surface area is 114 Å². The van der Waals surface area contributed by atoms with Crippen molar-refractivity contribution in [2.45, 2.75) is 9.92 Å². The zero-order valence-electron chi connectivity index (χ0n) is 9.38. The predicted octanol–water partition coefficient (Wildman–Crippen LogP) is 4.43. The number of nitrogens with zero attached hydrogens (tertiary/aromatic N) is 2. The fraction of sp³-hybridized carbons (Fsp3) is 0. The molecule has 0 saturated heterocycles. The number of halogens is 1. The number of rotatable bonds is 2. The van der Waals surface area contributed by atoms with Crippen molar-refractivity contribution in [1.82, 2.24) is 9.97 Å². The zero-order valence-corrected chi connectivity index (χ0v) is 10.9. The third-order valence-corrected chi connectivity index (χ3v) is 3.68. The second kappa shape index (κ2) is 4.96. The van der Waals surface area contributed by atoms with Crippen molar-refractivity contribution in [3.63, 3.8) is 0 Å². The van der Waals surface area contributed by atoms with Gasteiger partial charge < -0.3 is 0 Å². The summed E-state index contributed by atoms with van der Waals surface area (Å²) >= 11 is 7.55. The molecule has 0 aliphatic heterocycles. The van der Waals surface area contributed by atoms with Crippen LogP contribution in [0.5, 0.6) is 0 Å². The Kier molecular flexibility index (Phi) is 3.17. The van der Waals surface area contributed by atoms with Crippen LogP contribution in [0.3, 0.4) is 0 Å². The molecule has 0 spiro atoms. The van der Waals surface area contributed by atoms with Crippen molar-refractivity contribution in [2.24, 2.45) is 0 Å². The largest absolute Gasteiger partial charge is 0.224 e. The van der Waals surface area contributed by atoms with Gasteiger partial charge in [0.2, 0.25) is 5.28 Å². The first-order valence-corrected chi connectivity index (χ1v) is 6.67. The van der Waals surface area contributed by atoms with Crippen molar-refractivity contribution < 1.29 is 0 Å². The fourth-order valence-corrected chi connectivity index (χ4v) is 2.86. The number of benzene rings is 2. The minimum Gasteiger partial charge on any atom is -0.218 e. The molecule has 2 aromatic carbocycles. The third kappa shape index (κ3) is 2.33. The number of aromatic nitrogens is 2. The summed E-state index contributed by atoms with van der Waals surface area (Å²) in [6, 6.07) is 18.0. The van der Waals surface area contributed by atoms with Gasteiger partial charge in [-0.05, 0) is 29.8 Å². The number of fused-ring (bicyclic) bond motifs is 1. The second-order valence-corrected chi connectivity index (χ2v) is 5.13. The minimum atomic E-state index is 0.284. The molecular weight excluding hydrogens is 264 g/mol. The summed E-state index contributed by atoms with van der Waals surface area (Å²) in [5, 5.41) is 2.19. The van der Waals surface area contributed by atoms with E-state index in [2.05, 4.69) is 22.1 Å². The van der Waals surface area contributed by atoms with E-state index in [0.29, 0.717) is 0 Å². The summed E-state index contributed by atoms with van der Waals surface area (Å²) in [7, 11) is 0. The van der Waals surface area contributed by atoms with Crippen molar-refractivity contribution in [1.29, 1.82) is 0 Å². The molecule has 0 aliphatic rings. The normalized spacial score (nSPS) is 10.7. The first kappa shape index (κ1) is 11.5. The molecule has 1 aromatic heterocycles. The van der Waals surface area contributed by atoms with Gasteiger partial charge >= 0.3 is 0 Å². The lowest BCUT2D eigenvalue weighted by Gasteiger charge is -2.05. The Morgan fingerprint density at radius 3 is 2.39 bits per heavy atom. The average molecular weight is 273 g/mol. The highest BCUT2D eigenvalue weighted by molar-refractivity contribution is 7.99. The maximum atomic E-state index is 5.95. The van der Waals surface area contributed by atoms with E-state index in [-0.39, 0.29) is 5.28 Å². The second-order valence-electron chi connectivity index (χ2n) is 3.73. The molecule has 0 bridgehead atoms. The maximum absolute atomic E-state index is 5.95. The molecule has 0 aliphatic carbocycles. The van der Waals surface area contributed by atoms with Crippen LogP contribution in [-0.2, 0) is 0 Å². The van der Waals surface area contributed by atoms with Crippen LogP contribution in [0.25, 0.3) is 10.9 Å². The van der Waals surface area contributed by atoms with Crippen LogP contribution >= 0.6 is 23.4 Å². The van der Waals surface area contributed by atoms with Gasteiger partial charge in [-0.25, -0.2) is 9.97 Å². The zero-order chi connectivity index (χ0) is 12.4. The molecule has 0 fully saturated rings. The van der Waals surface area contributed by atoms with Gasteiger partial charge in [-0.2, -0.15) is 0 Å². The maximum Gasteiger partial charge on any atom is 0.224 e. The lowest BCUT2D eigenvalue weighted by Crippen LogP contribution is -1.88. The van der Waals surface area contributed by atoms with Gasteiger partial charge in [0.15, 0.2) is 0 Å². The third-order valence-electron chi connectivity index (χ3n) is 2.50. The molecule has 3 rings (SSSR count). The first-order valence-electron chi connectivity index (χ1n) is 5.48. The lowest BCUT2D eigenvalue weighted by atomic mass is 10.2. The summed E-state index contributed by atoms with van der Waals surface area (Å²) in [5.74, 6) is 0. The van der Waals surface area contributed by atoms with Crippen LogP contribution in [0, 0.1) is 0 Å². The summed E-state index contributed by atoms with van der Waals surface area (Å²) in [6.45, 7) is 0. The molecule has 0 radical (unpaired) electrons. The Balaban J connectivity index is 2.11. The van der Waals surface area contributed by atoms with Crippen LogP contribution in [0.1, 0.15) is 0 Å². The summed E-state index contributed by atoms with van der Waals surface area (Å²) < 4.78 is 0. The molecule has 2 nitrogen and oxygen atoms in total. The SMILES string of the molecule is Clc1nc(Sc2ccccc2)c2ccccc2n1. The van der Waals surface area contributed by atoms with Crippen molar-refractivity contribution in [2.75, 3.05) is 0 Å². The Morgan fingerprint density at radius 1 is 0.833 bits per heavy atom. The minimum absolute atomic E-state index is 0.284. The molecule has 0 saturated carbocycles. The topological polar surface area (TPSA) is 25.8 Å². The summed E-state index contributed by atoms with van der Waals surface area (Å²) in [6.07, 6.45) is 0. The Morgan fingerprint density at radius 2 is 1.56 bits per heavy atom. The van der Waals surface area contributed by atoms with E-state index in [0.717, 1.165) is 20.8 Å². The van der Waals surface area contributed by atoms with E-state index in [9.17, 15) is 0 Å². The highest BCUT2D eigenvalue weighted by Crippen LogP contribution is 2.31. The summed E-state index contributed by atoms with van der Waals surface area (Å²) in [5.41, 5.74) is 0.871. The van der Waals surface area contributed by atoms with E-state index in [4.69, 9.17) is 11.6 Å². The fourth-order valence-electron chi connectivity index (χ4n) is 1.70. The van der Waals surface area contributed by atoms with E-state index in [1.165, 1.54) is 0 Å². The molecule has 88 valence electrons. The average Bonchev–Trinajstić information content (AvgIpc) is 2.40. The monoisotopic (exact) mass is 272 g/mol. The number of hydrogen-bond acceptors (Lipinski definition) is 3. The van der Waals surface area contributed by atoms with Gasteiger partial charge in [-0.15, -0.1) is 0 Å². The predicted molar refractivity (Wildman–Crippen MR) is 75.1 cm³/mol. The summed E-state index contributed by atoms with van der Waals surface area (Å²) in [4.78, 5) is 9.67. The standard InChI is InChI=1S/C14H9ClN2S/c15-14-16-12-9-5-4-8-11(12)13(17-14)18-10-6-2-1-3-7-10/h1-9H. The van der Waals surface area contributed by atoms with Crippen molar-refractivity contribution in [3.05, 3.63) is 59.9 Å². The van der Waals surface area contributed by atoms with Crippen LogP contribution in [0.2, 0.25) is 5.28 Å². The van der Waals surface area contributed by atoms with E-state index < -0.39 is 0 Å². The molecule has 4 heteroatoms. The van der Waals surface area contributed by atoms with E-state index >= 15 is 0 Å². The Hall–Kier alpha value is -1.58. The highest BCUT2D eigenvalue weighted by atomic mass is 35.5. The van der Waals surface area contributed by atoms with Gasteiger partial charge in [-0.3, -0.25) is 0 Å². The Bertz CT molecular complexity index is 686. The van der Waals surface area contributed by atoms with Crippen molar-refractivity contribution in [3.8, 4) is 0 Å². The van der Waals surface area contributed by atoms with Crippen LogP contribution < -0.4 is 0 Å². The van der Waals surface area contributed by atoms with Gasteiger partial charge in [0.05, 0.1) is 5.52 Å². The molecule has 0 amide bonds. The van der Waals surface area contributed by atoms with Gasteiger partial charge in [0.1, 0.15) is 5.03 Å².